The maximum atomic E-state index is 9.23. The van der Waals surface area contributed by atoms with Gasteiger partial charge in [-0.05, 0) is 44.2 Å². The van der Waals surface area contributed by atoms with Gasteiger partial charge in [0.1, 0.15) is 6.07 Å². The highest BCUT2D eigenvalue weighted by Gasteiger charge is 2.13. The minimum absolute atomic E-state index is 0.645. The fraction of sp³-hybridized carbons (Fsp3) is 0.500. The SMILES string of the molecule is CSc1cccc(NCC[C@@H]2CCCN2)c1C#N. The molecule has 1 saturated heterocycles. The van der Waals surface area contributed by atoms with Crippen molar-refractivity contribution in [3.8, 4) is 6.07 Å². The summed E-state index contributed by atoms with van der Waals surface area (Å²) in [6.45, 7) is 2.07. The Morgan fingerprint density at radius 1 is 1.56 bits per heavy atom. The van der Waals surface area contributed by atoms with E-state index < -0.39 is 0 Å². The Balaban J connectivity index is 1.94. The fourth-order valence-corrected chi connectivity index (χ4v) is 2.92. The quantitative estimate of drug-likeness (QED) is 0.800. The first-order chi connectivity index (χ1) is 8.85. The van der Waals surface area contributed by atoms with Crippen molar-refractivity contribution in [2.75, 3.05) is 24.7 Å². The first-order valence-electron chi connectivity index (χ1n) is 6.39. The van der Waals surface area contributed by atoms with Crippen LogP contribution in [0.3, 0.4) is 0 Å². The van der Waals surface area contributed by atoms with Gasteiger partial charge in [-0.3, -0.25) is 0 Å². The zero-order chi connectivity index (χ0) is 12.8. The molecule has 1 aromatic rings. The van der Waals surface area contributed by atoms with Crippen molar-refractivity contribution in [1.29, 1.82) is 5.26 Å². The summed E-state index contributed by atoms with van der Waals surface area (Å²) < 4.78 is 0. The molecule has 0 amide bonds. The van der Waals surface area contributed by atoms with Gasteiger partial charge >= 0.3 is 0 Å². The van der Waals surface area contributed by atoms with E-state index >= 15 is 0 Å². The standard InChI is InChI=1S/C14H19N3S/c1-18-14-6-2-5-13(12(14)10-15)17-9-7-11-4-3-8-16-11/h2,5-6,11,16-17H,3-4,7-9H2,1H3/t11-/m0/s1. The third kappa shape index (κ3) is 3.18. The molecule has 1 aliphatic rings. The van der Waals surface area contributed by atoms with Crippen LogP contribution in [0.2, 0.25) is 0 Å². The smallest absolute Gasteiger partial charge is 0.102 e. The van der Waals surface area contributed by atoms with Crippen molar-refractivity contribution in [1.82, 2.24) is 5.32 Å². The average molecular weight is 261 g/mol. The maximum absolute atomic E-state index is 9.23. The van der Waals surface area contributed by atoms with Crippen LogP contribution in [0.25, 0.3) is 0 Å². The van der Waals surface area contributed by atoms with E-state index in [1.165, 1.54) is 12.8 Å². The zero-order valence-corrected chi connectivity index (χ0v) is 11.5. The number of benzene rings is 1. The van der Waals surface area contributed by atoms with Gasteiger partial charge in [0, 0.05) is 17.5 Å². The second-order valence-electron chi connectivity index (χ2n) is 4.50. The van der Waals surface area contributed by atoms with Gasteiger partial charge in [-0.25, -0.2) is 0 Å². The summed E-state index contributed by atoms with van der Waals surface area (Å²) in [7, 11) is 0. The molecule has 0 aliphatic carbocycles. The summed E-state index contributed by atoms with van der Waals surface area (Å²) in [6.07, 6.45) is 5.68. The lowest BCUT2D eigenvalue weighted by Gasteiger charge is -2.13. The third-order valence-corrected chi connectivity index (χ3v) is 4.11. The van der Waals surface area contributed by atoms with E-state index in [1.807, 2.05) is 24.5 Å². The van der Waals surface area contributed by atoms with Crippen LogP contribution in [-0.4, -0.2) is 25.4 Å². The van der Waals surface area contributed by atoms with Gasteiger partial charge in [-0.1, -0.05) is 6.07 Å². The number of nitrogens with one attached hydrogen (secondary N) is 2. The summed E-state index contributed by atoms with van der Waals surface area (Å²) >= 11 is 1.62. The van der Waals surface area contributed by atoms with Crippen molar-refractivity contribution in [3.05, 3.63) is 23.8 Å². The molecule has 18 heavy (non-hydrogen) atoms. The molecule has 1 heterocycles. The van der Waals surface area contributed by atoms with Crippen LogP contribution in [0.5, 0.6) is 0 Å². The van der Waals surface area contributed by atoms with Crippen molar-refractivity contribution in [3.63, 3.8) is 0 Å². The topological polar surface area (TPSA) is 47.8 Å². The molecule has 0 saturated carbocycles. The average Bonchev–Trinajstić information content (AvgIpc) is 2.91. The van der Waals surface area contributed by atoms with Gasteiger partial charge in [-0.15, -0.1) is 11.8 Å². The lowest BCUT2D eigenvalue weighted by molar-refractivity contribution is 0.574. The summed E-state index contributed by atoms with van der Waals surface area (Å²) in [5.74, 6) is 0. The third-order valence-electron chi connectivity index (χ3n) is 3.33. The Labute approximate surface area is 113 Å². The number of anilines is 1. The van der Waals surface area contributed by atoms with Crippen molar-refractivity contribution >= 4 is 17.4 Å². The molecule has 4 heteroatoms. The second kappa shape index (κ2) is 6.67. The number of thioether (sulfide) groups is 1. The lowest BCUT2D eigenvalue weighted by Crippen LogP contribution is -2.24. The van der Waals surface area contributed by atoms with Crippen molar-refractivity contribution in [2.24, 2.45) is 0 Å². The molecular weight excluding hydrogens is 242 g/mol. The summed E-state index contributed by atoms with van der Waals surface area (Å²) in [5, 5.41) is 16.1. The van der Waals surface area contributed by atoms with Crippen LogP contribution in [0.4, 0.5) is 5.69 Å². The minimum Gasteiger partial charge on any atom is -0.384 e. The molecule has 1 aliphatic heterocycles. The molecule has 0 bridgehead atoms. The van der Waals surface area contributed by atoms with Gasteiger partial charge in [0.05, 0.1) is 11.3 Å². The Morgan fingerprint density at radius 3 is 3.11 bits per heavy atom. The highest BCUT2D eigenvalue weighted by molar-refractivity contribution is 7.98. The van der Waals surface area contributed by atoms with Crippen LogP contribution in [0.15, 0.2) is 23.1 Å². The summed E-state index contributed by atoms with van der Waals surface area (Å²) in [6, 6.07) is 8.92. The van der Waals surface area contributed by atoms with Gasteiger partial charge in [0.2, 0.25) is 0 Å². The zero-order valence-electron chi connectivity index (χ0n) is 10.7. The van der Waals surface area contributed by atoms with Crippen LogP contribution in [-0.2, 0) is 0 Å². The van der Waals surface area contributed by atoms with Crippen molar-refractivity contribution < 1.29 is 0 Å². The second-order valence-corrected chi connectivity index (χ2v) is 5.35. The summed E-state index contributed by atoms with van der Waals surface area (Å²) in [4.78, 5) is 1.04. The molecule has 1 fully saturated rings. The molecule has 96 valence electrons. The minimum atomic E-state index is 0.645. The Morgan fingerprint density at radius 2 is 2.44 bits per heavy atom. The molecule has 0 aromatic heterocycles. The molecule has 1 atom stereocenters. The number of hydrogen-bond donors (Lipinski definition) is 2. The maximum Gasteiger partial charge on any atom is 0.102 e. The first-order valence-corrected chi connectivity index (χ1v) is 7.62. The van der Waals surface area contributed by atoms with Gasteiger partial charge in [-0.2, -0.15) is 5.26 Å². The van der Waals surface area contributed by atoms with E-state index in [-0.39, 0.29) is 0 Å². The molecule has 0 spiro atoms. The molecule has 2 N–H and O–H groups in total. The Hall–Kier alpha value is -1.18. The summed E-state index contributed by atoms with van der Waals surface area (Å²) in [5.41, 5.74) is 1.73. The lowest BCUT2D eigenvalue weighted by atomic mass is 10.1. The molecular formula is C14H19N3S. The Kier molecular flexibility index (Phi) is 4.91. The van der Waals surface area contributed by atoms with E-state index in [0.29, 0.717) is 6.04 Å². The molecule has 1 aromatic carbocycles. The van der Waals surface area contributed by atoms with Crippen LogP contribution in [0.1, 0.15) is 24.8 Å². The predicted octanol–water partition coefficient (Wildman–Crippen LogP) is 2.83. The van der Waals surface area contributed by atoms with Gasteiger partial charge in [0.15, 0.2) is 0 Å². The van der Waals surface area contributed by atoms with Crippen LogP contribution >= 0.6 is 11.8 Å². The van der Waals surface area contributed by atoms with E-state index in [2.05, 4.69) is 16.7 Å². The Bertz CT molecular complexity index is 433. The fourth-order valence-electron chi connectivity index (χ4n) is 2.35. The normalized spacial score (nSPS) is 18.6. The highest BCUT2D eigenvalue weighted by atomic mass is 32.2. The number of nitriles is 1. The highest BCUT2D eigenvalue weighted by Crippen LogP contribution is 2.26. The van der Waals surface area contributed by atoms with Crippen molar-refractivity contribution in [2.45, 2.75) is 30.2 Å². The molecule has 0 radical (unpaired) electrons. The number of nitrogens with zero attached hydrogens (tertiary/aromatic N) is 1. The van der Waals surface area contributed by atoms with E-state index in [0.717, 1.165) is 35.7 Å². The van der Waals surface area contributed by atoms with E-state index in [9.17, 15) is 5.26 Å². The van der Waals surface area contributed by atoms with Crippen LogP contribution < -0.4 is 10.6 Å². The van der Waals surface area contributed by atoms with Gasteiger partial charge in [0.25, 0.3) is 0 Å². The van der Waals surface area contributed by atoms with Gasteiger partial charge < -0.3 is 10.6 Å². The molecule has 0 unspecified atom stereocenters. The van der Waals surface area contributed by atoms with E-state index in [4.69, 9.17) is 0 Å². The number of rotatable bonds is 5. The molecule has 3 nitrogen and oxygen atoms in total. The molecule has 2 rings (SSSR count). The van der Waals surface area contributed by atoms with Crippen LogP contribution in [0, 0.1) is 11.3 Å². The first kappa shape index (κ1) is 13.3. The van der Waals surface area contributed by atoms with E-state index in [1.54, 1.807) is 11.8 Å². The predicted molar refractivity (Wildman–Crippen MR) is 77.1 cm³/mol. The largest absolute Gasteiger partial charge is 0.384 e. The number of hydrogen-bond acceptors (Lipinski definition) is 4. The monoisotopic (exact) mass is 261 g/mol.